The van der Waals surface area contributed by atoms with Gasteiger partial charge in [0, 0.05) is 44.5 Å². The summed E-state index contributed by atoms with van der Waals surface area (Å²) in [4.78, 5) is 11.1. The predicted octanol–water partition coefficient (Wildman–Crippen LogP) is 6.64. The lowest BCUT2D eigenvalue weighted by atomic mass is 9.77. The maximum atomic E-state index is 13.1. The van der Waals surface area contributed by atoms with E-state index in [-0.39, 0.29) is 28.5 Å². The number of nitro groups is 1. The highest BCUT2D eigenvalue weighted by atomic mass is 79.9. The van der Waals surface area contributed by atoms with Gasteiger partial charge in [-0.3, -0.25) is 14.8 Å². The number of hydrogen-bond donors (Lipinski definition) is 2. The third-order valence-corrected chi connectivity index (χ3v) is 8.46. The fourth-order valence-corrected chi connectivity index (χ4v) is 6.42. The van der Waals surface area contributed by atoms with Crippen LogP contribution in [0.2, 0.25) is 5.02 Å². The van der Waals surface area contributed by atoms with Crippen LogP contribution in [0.15, 0.2) is 82.2 Å². The molecule has 34 heavy (non-hydrogen) atoms. The molecule has 0 saturated heterocycles. The number of non-ortho nitro benzene ring substituents is 1. The van der Waals surface area contributed by atoms with E-state index in [1.165, 1.54) is 12.1 Å². The Bertz CT molecular complexity index is 1440. The van der Waals surface area contributed by atoms with Gasteiger partial charge in [0.2, 0.25) is 0 Å². The molecule has 1 aliphatic carbocycles. The van der Waals surface area contributed by atoms with Crippen molar-refractivity contribution in [2.24, 2.45) is 5.92 Å². The largest absolute Gasteiger partial charge is 0.378 e. The van der Waals surface area contributed by atoms with E-state index in [1.807, 2.05) is 6.07 Å². The van der Waals surface area contributed by atoms with Crippen LogP contribution in [-0.4, -0.2) is 13.3 Å². The van der Waals surface area contributed by atoms with Crippen LogP contribution in [0.25, 0.3) is 0 Å². The number of hydrogen-bond acceptors (Lipinski definition) is 5. The monoisotopic (exact) mass is 559 g/mol. The van der Waals surface area contributed by atoms with E-state index in [2.05, 4.69) is 38.1 Å². The third-order valence-electron chi connectivity index (χ3n) is 6.25. The molecule has 2 aliphatic rings. The number of nitrogens with one attached hydrogen (secondary N) is 2. The van der Waals surface area contributed by atoms with Crippen molar-refractivity contribution in [1.29, 1.82) is 0 Å². The molecule has 5 rings (SSSR count). The summed E-state index contributed by atoms with van der Waals surface area (Å²) in [7, 11) is -3.80. The van der Waals surface area contributed by atoms with Gasteiger partial charge in [-0.1, -0.05) is 45.7 Å². The van der Waals surface area contributed by atoms with E-state index in [0.717, 1.165) is 22.1 Å². The van der Waals surface area contributed by atoms with Gasteiger partial charge in [0.25, 0.3) is 15.7 Å². The molecule has 1 aliphatic heterocycles. The molecule has 0 unspecified atom stereocenters. The van der Waals surface area contributed by atoms with Crippen LogP contribution >= 0.6 is 27.5 Å². The van der Waals surface area contributed by atoms with E-state index < -0.39 is 14.9 Å². The van der Waals surface area contributed by atoms with Crippen molar-refractivity contribution in [1.82, 2.24) is 0 Å². The zero-order chi connectivity index (χ0) is 24.0. The number of sulfonamides is 1. The highest BCUT2D eigenvalue weighted by Gasteiger charge is 2.39. The van der Waals surface area contributed by atoms with Gasteiger partial charge in [-0.2, -0.15) is 0 Å². The van der Waals surface area contributed by atoms with Crippen molar-refractivity contribution in [3.05, 3.63) is 104 Å². The van der Waals surface area contributed by atoms with Crippen LogP contribution in [0.1, 0.15) is 29.5 Å². The second-order valence-electron chi connectivity index (χ2n) is 8.30. The fourth-order valence-electron chi connectivity index (χ4n) is 4.70. The van der Waals surface area contributed by atoms with Crippen LogP contribution in [0.3, 0.4) is 0 Å². The van der Waals surface area contributed by atoms with Crippen molar-refractivity contribution < 1.29 is 13.3 Å². The number of halogens is 2. The summed E-state index contributed by atoms with van der Waals surface area (Å²) in [6.45, 7) is 0. The summed E-state index contributed by atoms with van der Waals surface area (Å²) in [5.74, 6) is 0.000551. The Kier molecular flexibility index (Phi) is 5.87. The van der Waals surface area contributed by atoms with Crippen LogP contribution in [0.5, 0.6) is 0 Å². The molecule has 0 saturated carbocycles. The number of nitrogens with zero attached hydrogens (tertiary/aromatic N) is 1. The summed E-state index contributed by atoms with van der Waals surface area (Å²) in [5.41, 5.74) is 2.75. The number of fused-ring (bicyclic) bond motifs is 3. The molecule has 2 N–H and O–H groups in total. The Morgan fingerprint density at radius 3 is 2.68 bits per heavy atom. The average molecular weight is 561 g/mol. The van der Waals surface area contributed by atoms with Gasteiger partial charge < -0.3 is 5.32 Å². The standard InChI is InChI=1S/C24H19BrClN3O4S/c25-14-3-1-4-15(11-14)28-34(32,33)17-8-10-23-20(13-17)18-5-2-6-19(18)24(27-23)21-12-16(29(30)31)7-9-22(21)26/h1-5,7-13,18-19,24,27-28H,6H2/t18-,19+,24-/m0/s1. The summed E-state index contributed by atoms with van der Waals surface area (Å²) in [6.07, 6.45) is 4.88. The Labute approximate surface area is 210 Å². The second kappa shape index (κ2) is 8.72. The third kappa shape index (κ3) is 4.19. The van der Waals surface area contributed by atoms with Crippen LogP contribution < -0.4 is 10.0 Å². The Morgan fingerprint density at radius 1 is 1.09 bits per heavy atom. The van der Waals surface area contributed by atoms with Gasteiger partial charge >= 0.3 is 0 Å². The summed E-state index contributed by atoms with van der Waals surface area (Å²) in [5, 5.41) is 15.2. The lowest BCUT2D eigenvalue weighted by Crippen LogP contribution is -2.29. The van der Waals surface area contributed by atoms with Gasteiger partial charge in [0.1, 0.15) is 0 Å². The van der Waals surface area contributed by atoms with E-state index in [9.17, 15) is 18.5 Å². The molecule has 0 spiro atoms. The molecule has 3 aromatic carbocycles. The first-order valence-electron chi connectivity index (χ1n) is 10.5. The summed E-state index contributed by atoms with van der Waals surface area (Å²) < 4.78 is 29.5. The number of benzene rings is 3. The van der Waals surface area contributed by atoms with Gasteiger partial charge in [-0.05, 0) is 60.4 Å². The second-order valence-corrected chi connectivity index (χ2v) is 11.3. The van der Waals surface area contributed by atoms with Crippen molar-refractivity contribution in [3.63, 3.8) is 0 Å². The lowest BCUT2D eigenvalue weighted by molar-refractivity contribution is -0.384. The minimum atomic E-state index is -3.80. The van der Waals surface area contributed by atoms with E-state index in [0.29, 0.717) is 16.3 Å². The highest BCUT2D eigenvalue weighted by molar-refractivity contribution is 9.10. The molecule has 174 valence electrons. The van der Waals surface area contributed by atoms with Gasteiger partial charge in [0.05, 0.1) is 15.9 Å². The zero-order valence-corrected chi connectivity index (χ0v) is 20.8. The maximum Gasteiger partial charge on any atom is 0.269 e. The smallest absolute Gasteiger partial charge is 0.269 e. The lowest BCUT2D eigenvalue weighted by Gasteiger charge is -2.38. The summed E-state index contributed by atoms with van der Waals surface area (Å²) >= 11 is 9.80. The number of anilines is 2. The first-order chi connectivity index (χ1) is 16.2. The van der Waals surface area contributed by atoms with Gasteiger partial charge in [-0.15, -0.1) is 0 Å². The average Bonchev–Trinajstić information content (AvgIpc) is 3.28. The topological polar surface area (TPSA) is 101 Å². The molecule has 0 aromatic heterocycles. The Hall–Kier alpha value is -2.88. The molecule has 0 radical (unpaired) electrons. The molecule has 7 nitrogen and oxygen atoms in total. The molecule has 0 fully saturated rings. The number of nitro benzene ring substituents is 1. The molecular weight excluding hydrogens is 542 g/mol. The normalized spacial score (nSPS) is 20.8. The fraction of sp³-hybridized carbons (Fsp3) is 0.167. The quantitative estimate of drug-likeness (QED) is 0.207. The molecule has 1 heterocycles. The Morgan fingerprint density at radius 2 is 1.91 bits per heavy atom. The van der Waals surface area contributed by atoms with Crippen molar-refractivity contribution in [3.8, 4) is 0 Å². The highest BCUT2D eigenvalue weighted by Crippen LogP contribution is 2.51. The predicted molar refractivity (Wildman–Crippen MR) is 136 cm³/mol. The molecule has 0 bridgehead atoms. The zero-order valence-electron chi connectivity index (χ0n) is 17.6. The molecule has 0 amide bonds. The molecular formula is C24H19BrClN3O4S. The van der Waals surface area contributed by atoms with E-state index in [4.69, 9.17) is 11.6 Å². The molecule has 3 aromatic rings. The van der Waals surface area contributed by atoms with Crippen molar-refractivity contribution in [2.45, 2.75) is 23.3 Å². The van der Waals surface area contributed by atoms with Crippen LogP contribution in [0, 0.1) is 16.0 Å². The first-order valence-corrected chi connectivity index (χ1v) is 13.2. The van der Waals surface area contributed by atoms with E-state index >= 15 is 0 Å². The minimum Gasteiger partial charge on any atom is -0.378 e. The van der Waals surface area contributed by atoms with Gasteiger partial charge in [0.15, 0.2) is 0 Å². The maximum absolute atomic E-state index is 13.1. The molecule has 10 heteroatoms. The number of rotatable bonds is 5. The van der Waals surface area contributed by atoms with Crippen molar-refractivity contribution >= 4 is 54.6 Å². The van der Waals surface area contributed by atoms with E-state index in [1.54, 1.807) is 42.5 Å². The number of allylic oxidation sites excluding steroid dienone is 2. The van der Waals surface area contributed by atoms with Crippen LogP contribution in [-0.2, 0) is 10.0 Å². The Balaban J connectivity index is 1.51. The minimum absolute atomic E-state index is 0.0189. The SMILES string of the molecule is O=[N+]([O-])c1ccc(Cl)c([C@H]2Nc3ccc(S(=O)(=O)Nc4cccc(Br)c4)cc3[C@H]3C=CC[C@H]32)c1. The summed E-state index contributed by atoms with van der Waals surface area (Å²) in [6, 6.07) is 16.2. The first kappa shape index (κ1) is 22.9. The van der Waals surface area contributed by atoms with Gasteiger partial charge in [-0.25, -0.2) is 8.42 Å². The molecule has 3 atom stereocenters. The van der Waals surface area contributed by atoms with Crippen molar-refractivity contribution in [2.75, 3.05) is 10.0 Å². The van der Waals surface area contributed by atoms with Crippen LogP contribution in [0.4, 0.5) is 17.1 Å².